The van der Waals surface area contributed by atoms with Crippen LogP contribution in [-0.2, 0) is 9.84 Å². The van der Waals surface area contributed by atoms with Crippen molar-refractivity contribution < 1.29 is 25.3 Å². The number of hydrogen-bond donors (Lipinski definition) is 0. The van der Waals surface area contributed by atoms with Crippen molar-refractivity contribution in [2.45, 2.75) is 12.8 Å². The first-order valence-electron chi connectivity index (χ1n) is 5.24. The van der Waals surface area contributed by atoms with Crippen LogP contribution in [0.3, 0.4) is 0 Å². The van der Waals surface area contributed by atoms with Gasteiger partial charge in [-0.15, -0.1) is 0 Å². The van der Waals surface area contributed by atoms with Crippen molar-refractivity contribution in [2.75, 3.05) is 37.7 Å². The van der Waals surface area contributed by atoms with Gasteiger partial charge in [-0.2, -0.15) is 0 Å². The molecule has 0 aliphatic carbocycles. The maximum Gasteiger partial charge on any atom is 0.161 e. The van der Waals surface area contributed by atoms with E-state index >= 15 is 0 Å². The molecule has 2 saturated heterocycles. The molecule has 0 N–H and O–H groups in total. The first kappa shape index (κ1) is 13.0. The molecular weight excluding hydrogens is 234 g/mol. The van der Waals surface area contributed by atoms with Gasteiger partial charge < -0.3 is 16.9 Å². The van der Waals surface area contributed by atoms with Gasteiger partial charge in [-0.1, -0.05) is 12.2 Å². The van der Waals surface area contributed by atoms with Crippen LogP contribution in [0.4, 0.5) is 0 Å². The summed E-state index contributed by atoms with van der Waals surface area (Å²) < 4.78 is 23.7. The SMILES string of the molecule is C=C1CC[N+]2(CC1)CCS(=O)(=O)CC2.[Cl-]. The summed E-state index contributed by atoms with van der Waals surface area (Å²) in [7, 11) is -2.71. The Hall–Kier alpha value is -0.0600. The quantitative estimate of drug-likeness (QED) is 0.355. The molecule has 2 heterocycles. The Labute approximate surface area is 98.1 Å². The van der Waals surface area contributed by atoms with Crippen LogP contribution in [0.1, 0.15) is 12.8 Å². The number of sulfone groups is 1. The van der Waals surface area contributed by atoms with E-state index in [4.69, 9.17) is 0 Å². The Balaban J connectivity index is 0.00000112. The van der Waals surface area contributed by atoms with Gasteiger partial charge >= 0.3 is 0 Å². The third-order valence-electron chi connectivity index (χ3n) is 3.63. The van der Waals surface area contributed by atoms with Crippen molar-refractivity contribution in [3.8, 4) is 0 Å². The first-order chi connectivity index (χ1) is 6.52. The molecule has 0 amide bonds. The van der Waals surface area contributed by atoms with Crippen LogP contribution in [-0.4, -0.2) is 50.6 Å². The van der Waals surface area contributed by atoms with E-state index in [2.05, 4.69) is 6.58 Å². The summed E-state index contributed by atoms with van der Waals surface area (Å²) in [6.07, 6.45) is 2.17. The number of rotatable bonds is 0. The smallest absolute Gasteiger partial charge is 0.161 e. The summed E-state index contributed by atoms with van der Waals surface area (Å²) in [4.78, 5) is 0. The number of quaternary nitrogens is 1. The molecule has 3 nitrogen and oxygen atoms in total. The summed E-state index contributed by atoms with van der Waals surface area (Å²) in [5.41, 5.74) is 1.34. The molecular formula is C10H18ClNO2S. The predicted octanol–water partition coefficient (Wildman–Crippen LogP) is -2.41. The van der Waals surface area contributed by atoms with Crippen LogP contribution in [0.2, 0.25) is 0 Å². The molecule has 0 saturated carbocycles. The Kier molecular flexibility index (Phi) is 3.85. The molecule has 5 heteroatoms. The summed E-state index contributed by atoms with van der Waals surface area (Å²) >= 11 is 0. The zero-order valence-corrected chi connectivity index (χ0v) is 10.5. The lowest BCUT2D eigenvalue weighted by Gasteiger charge is -2.44. The van der Waals surface area contributed by atoms with E-state index in [0.717, 1.165) is 43.5 Å². The van der Waals surface area contributed by atoms with Gasteiger partial charge in [-0.25, -0.2) is 8.42 Å². The van der Waals surface area contributed by atoms with Crippen LogP contribution in [0.25, 0.3) is 0 Å². The zero-order chi connectivity index (χ0) is 10.2. The number of halogens is 1. The molecule has 1 spiro atoms. The summed E-state index contributed by atoms with van der Waals surface area (Å²) in [5.74, 6) is 0.777. The zero-order valence-electron chi connectivity index (χ0n) is 8.91. The second-order valence-corrected chi connectivity index (χ2v) is 6.94. The van der Waals surface area contributed by atoms with E-state index in [0.29, 0.717) is 11.5 Å². The van der Waals surface area contributed by atoms with Crippen LogP contribution >= 0.6 is 0 Å². The van der Waals surface area contributed by atoms with E-state index in [1.807, 2.05) is 0 Å². The van der Waals surface area contributed by atoms with E-state index in [1.165, 1.54) is 5.57 Å². The highest BCUT2D eigenvalue weighted by Gasteiger charge is 2.37. The fourth-order valence-electron chi connectivity index (χ4n) is 2.35. The lowest BCUT2D eigenvalue weighted by Crippen LogP contribution is -3.00. The molecule has 2 fully saturated rings. The Bertz CT molecular complexity index is 324. The number of nitrogens with zero attached hydrogens (tertiary/aromatic N) is 1. The molecule has 0 aromatic carbocycles. The fourth-order valence-corrected chi connectivity index (χ4v) is 3.89. The monoisotopic (exact) mass is 251 g/mol. The summed E-state index contributed by atoms with van der Waals surface area (Å²) in [5, 5.41) is 0. The van der Waals surface area contributed by atoms with E-state index in [1.54, 1.807) is 0 Å². The van der Waals surface area contributed by atoms with Crippen LogP contribution in [0, 0.1) is 0 Å². The van der Waals surface area contributed by atoms with Gasteiger partial charge in [-0.3, -0.25) is 0 Å². The second kappa shape index (κ2) is 4.44. The van der Waals surface area contributed by atoms with Gasteiger partial charge in [0.2, 0.25) is 0 Å². The van der Waals surface area contributed by atoms with E-state index < -0.39 is 9.84 Å². The van der Waals surface area contributed by atoms with Crippen molar-refractivity contribution in [3.63, 3.8) is 0 Å². The molecule has 0 radical (unpaired) electrons. The average Bonchev–Trinajstić information content (AvgIpc) is 2.16. The lowest BCUT2D eigenvalue weighted by atomic mass is 10.0. The highest BCUT2D eigenvalue weighted by molar-refractivity contribution is 7.91. The second-order valence-electron chi connectivity index (χ2n) is 4.64. The van der Waals surface area contributed by atoms with Gasteiger partial charge in [0.15, 0.2) is 9.84 Å². The van der Waals surface area contributed by atoms with E-state index in [9.17, 15) is 8.42 Å². The fraction of sp³-hybridized carbons (Fsp3) is 0.800. The third kappa shape index (κ3) is 2.95. The Morgan fingerprint density at radius 2 is 1.47 bits per heavy atom. The maximum absolute atomic E-state index is 11.3. The molecule has 0 aromatic heterocycles. The highest BCUT2D eigenvalue weighted by atomic mass is 35.5. The van der Waals surface area contributed by atoms with Crippen molar-refractivity contribution in [2.24, 2.45) is 0 Å². The summed E-state index contributed by atoms with van der Waals surface area (Å²) in [6, 6.07) is 0. The topological polar surface area (TPSA) is 34.1 Å². The van der Waals surface area contributed by atoms with Gasteiger partial charge in [0.1, 0.15) is 0 Å². The Morgan fingerprint density at radius 1 is 1.00 bits per heavy atom. The van der Waals surface area contributed by atoms with Crippen molar-refractivity contribution >= 4 is 9.84 Å². The molecule has 2 rings (SSSR count). The molecule has 88 valence electrons. The molecule has 15 heavy (non-hydrogen) atoms. The van der Waals surface area contributed by atoms with Gasteiger partial charge in [0, 0.05) is 12.8 Å². The average molecular weight is 252 g/mol. The molecule has 0 bridgehead atoms. The van der Waals surface area contributed by atoms with Crippen LogP contribution in [0.15, 0.2) is 12.2 Å². The van der Waals surface area contributed by atoms with Crippen LogP contribution in [0.5, 0.6) is 0 Å². The van der Waals surface area contributed by atoms with E-state index in [-0.39, 0.29) is 12.4 Å². The molecule has 2 aliphatic heterocycles. The standard InChI is InChI=1S/C10H18NO2S.ClH/c1-10-2-4-11(5-3-10)6-8-14(12,13)9-7-11;/h1-9H2;1H/q+1;/p-1. The number of piperidine rings is 1. The minimum Gasteiger partial charge on any atom is -1.00 e. The van der Waals surface area contributed by atoms with Gasteiger partial charge in [0.25, 0.3) is 0 Å². The highest BCUT2D eigenvalue weighted by Crippen LogP contribution is 2.24. The van der Waals surface area contributed by atoms with Crippen LogP contribution < -0.4 is 12.4 Å². The minimum atomic E-state index is -2.71. The normalized spacial score (nSPS) is 28.4. The van der Waals surface area contributed by atoms with Gasteiger partial charge in [0.05, 0.1) is 37.7 Å². The minimum absolute atomic E-state index is 0. The molecule has 0 atom stereocenters. The third-order valence-corrected chi connectivity index (χ3v) is 5.24. The summed E-state index contributed by atoms with van der Waals surface area (Å²) in [6.45, 7) is 7.86. The molecule has 2 aliphatic rings. The number of hydrogen-bond acceptors (Lipinski definition) is 2. The van der Waals surface area contributed by atoms with Crippen molar-refractivity contribution in [1.29, 1.82) is 0 Å². The predicted molar refractivity (Wildman–Crippen MR) is 56.8 cm³/mol. The van der Waals surface area contributed by atoms with Crippen molar-refractivity contribution in [3.05, 3.63) is 12.2 Å². The van der Waals surface area contributed by atoms with Gasteiger partial charge in [-0.05, 0) is 0 Å². The van der Waals surface area contributed by atoms with Crippen molar-refractivity contribution in [1.82, 2.24) is 0 Å². The lowest BCUT2D eigenvalue weighted by molar-refractivity contribution is -0.927. The Morgan fingerprint density at radius 3 is 1.93 bits per heavy atom. The largest absolute Gasteiger partial charge is 1.00 e. The molecule has 0 unspecified atom stereocenters. The maximum atomic E-state index is 11.3. The first-order valence-corrected chi connectivity index (χ1v) is 7.06. The molecule has 0 aromatic rings.